The molecule has 1 N–H and O–H groups in total. The molecule has 1 unspecified atom stereocenters. The van der Waals surface area contributed by atoms with Gasteiger partial charge in [-0.1, -0.05) is 33.6 Å². The highest BCUT2D eigenvalue weighted by Gasteiger charge is 2.48. The number of carboxylic acids is 1. The van der Waals surface area contributed by atoms with Crippen molar-refractivity contribution in [2.45, 2.75) is 12.8 Å². The van der Waals surface area contributed by atoms with Crippen LogP contribution in [0.15, 0.2) is 22.7 Å². The van der Waals surface area contributed by atoms with Gasteiger partial charge in [0.15, 0.2) is 11.2 Å². The second kappa shape index (κ2) is 5.61. The minimum Gasteiger partial charge on any atom is -0.480 e. The van der Waals surface area contributed by atoms with Crippen molar-refractivity contribution in [1.82, 2.24) is 0 Å². The summed E-state index contributed by atoms with van der Waals surface area (Å²) in [7, 11) is 0. The Morgan fingerprint density at radius 2 is 2.26 bits per heavy atom. The Labute approximate surface area is 123 Å². The highest BCUT2D eigenvalue weighted by molar-refractivity contribution is 9.10. The SMILES string of the molecule is O=C(O)C1(Cc2ccc(Br)cc2Cl)COCCC1=O. The normalized spacial score (nSPS) is 23.4. The maximum Gasteiger partial charge on any atom is 0.319 e. The number of benzene rings is 1. The number of hydrogen-bond donors (Lipinski definition) is 1. The van der Waals surface area contributed by atoms with Crippen LogP contribution < -0.4 is 0 Å². The van der Waals surface area contributed by atoms with Gasteiger partial charge in [-0.25, -0.2) is 0 Å². The number of rotatable bonds is 3. The van der Waals surface area contributed by atoms with Crippen molar-refractivity contribution < 1.29 is 19.4 Å². The summed E-state index contributed by atoms with van der Waals surface area (Å²) in [5.74, 6) is -1.46. The van der Waals surface area contributed by atoms with Gasteiger partial charge < -0.3 is 9.84 Å². The molecule has 1 aromatic carbocycles. The number of carbonyl (C=O) groups is 2. The molecule has 0 saturated carbocycles. The lowest BCUT2D eigenvalue weighted by Gasteiger charge is -2.31. The zero-order valence-electron chi connectivity index (χ0n) is 9.99. The fourth-order valence-corrected chi connectivity index (χ4v) is 2.87. The van der Waals surface area contributed by atoms with Crippen molar-refractivity contribution in [2.24, 2.45) is 5.41 Å². The molecule has 19 heavy (non-hydrogen) atoms. The van der Waals surface area contributed by atoms with Gasteiger partial charge in [0.25, 0.3) is 0 Å². The van der Waals surface area contributed by atoms with Crippen LogP contribution in [-0.2, 0) is 20.7 Å². The summed E-state index contributed by atoms with van der Waals surface area (Å²) < 4.78 is 6.00. The van der Waals surface area contributed by atoms with Gasteiger partial charge in [-0.2, -0.15) is 0 Å². The van der Waals surface area contributed by atoms with E-state index in [2.05, 4.69) is 15.9 Å². The molecule has 0 bridgehead atoms. The molecule has 0 aromatic heterocycles. The quantitative estimate of drug-likeness (QED) is 0.854. The van der Waals surface area contributed by atoms with Crippen LogP contribution in [0.1, 0.15) is 12.0 Å². The molecule has 1 heterocycles. The van der Waals surface area contributed by atoms with Crippen molar-refractivity contribution in [3.63, 3.8) is 0 Å². The van der Waals surface area contributed by atoms with E-state index in [-0.39, 0.29) is 31.8 Å². The molecule has 1 aliphatic heterocycles. The van der Waals surface area contributed by atoms with Crippen molar-refractivity contribution in [2.75, 3.05) is 13.2 Å². The van der Waals surface area contributed by atoms with E-state index in [1.54, 1.807) is 18.2 Å². The topological polar surface area (TPSA) is 63.6 Å². The molecule has 4 nitrogen and oxygen atoms in total. The molecule has 0 amide bonds. The molecular weight excluding hydrogens is 335 g/mol. The molecule has 0 radical (unpaired) electrons. The summed E-state index contributed by atoms with van der Waals surface area (Å²) in [5.41, 5.74) is -0.887. The number of Topliss-reactive ketones (excluding diaryl/α,β-unsaturated/α-hetero) is 1. The molecule has 102 valence electrons. The Hall–Kier alpha value is -0.910. The first-order chi connectivity index (χ1) is 8.95. The Bertz CT molecular complexity index is 531. The van der Waals surface area contributed by atoms with Crippen LogP contribution >= 0.6 is 27.5 Å². The fourth-order valence-electron chi connectivity index (χ4n) is 2.13. The Morgan fingerprint density at radius 1 is 1.53 bits per heavy atom. The number of carbonyl (C=O) groups excluding carboxylic acids is 1. The Kier molecular flexibility index (Phi) is 4.28. The molecule has 1 saturated heterocycles. The van der Waals surface area contributed by atoms with E-state index in [1.807, 2.05) is 0 Å². The van der Waals surface area contributed by atoms with E-state index in [4.69, 9.17) is 16.3 Å². The van der Waals surface area contributed by atoms with E-state index >= 15 is 0 Å². The van der Waals surface area contributed by atoms with Crippen LogP contribution in [0.2, 0.25) is 5.02 Å². The number of ether oxygens (including phenoxy) is 1. The first kappa shape index (κ1) is 14.5. The average molecular weight is 348 g/mol. The Morgan fingerprint density at radius 3 is 2.84 bits per heavy atom. The lowest BCUT2D eigenvalue weighted by atomic mass is 9.76. The zero-order valence-corrected chi connectivity index (χ0v) is 12.3. The molecule has 1 atom stereocenters. The maximum atomic E-state index is 12.0. The van der Waals surface area contributed by atoms with Crippen molar-refractivity contribution in [3.05, 3.63) is 33.3 Å². The molecule has 1 fully saturated rings. The minimum atomic E-state index is -1.52. The highest BCUT2D eigenvalue weighted by atomic mass is 79.9. The maximum absolute atomic E-state index is 12.0. The summed E-state index contributed by atoms with van der Waals surface area (Å²) in [6.07, 6.45) is 0.174. The van der Waals surface area contributed by atoms with Crippen molar-refractivity contribution >= 4 is 39.3 Å². The summed E-state index contributed by atoms with van der Waals surface area (Å²) in [5, 5.41) is 9.85. The second-order valence-electron chi connectivity index (χ2n) is 4.53. The number of carboxylic acid groups (broad SMARTS) is 1. The zero-order chi connectivity index (χ0) is 14.0. The molecule has 0 spiro atoms. The van der Waals surface area contributed by atoms with Crippen LogP contribution in [-0.4, -0.2) is 30.1 Å². The van der Waals surface area contributed by atoms with Gasteiger partial charge >= 0.3 is 5.97 Å². The van der Waals surface area contributed by atoms with Crippen LogP contribution in [0, 0.1) is 5.41 Å². The molecule has 2 rings (SSSR count). The molecular formula is C13H12BrClO4. The summed E-state index contributed by atoms with van der Waals surface area (Å²) in [4.78, 5) is 23.5. The second-order valence-corrected chi connectivity index (χ2v) is 5.85. The van der Waals surface area contributed by atoms with Crippen molar-refractivity contribution in [3.8, 4) is 0 Å². The highest BCUT2D eigenvalue weighted by Crippen LogP contribution is 2.33. The third kappa shape index (κ3) is 2.83. The Balaban J connectivity index is 2.36. The van der Waals surface area contributed by atoms with Crippen LogP contribution in [0.4, 0.5) is 0 Å². The molecule has 1 aromatic rings. The average Bonchev–Trinajstić information content (AvgIpc) is 2.35. The van der Waals surface area contributed by atoms with E-state index in [0.717, 1.165) is 4.47 Å². The van der Waals surface area contributed by atoms with E-state index in [9.17, 15) is 14.7 Å². The molecule has 6 heteroatoms. The third-order valence-electron chi connectivity index (χ3n) is 3.27. The summed E-state index contributed by atoms with van der Waals surface area (Å²) in [6.45, 7) is 0.176. The van der Waals surface area contributed by atoms with Gasteiger partial charge in [-0.15, -0.1) is 0 Å². The van der Waals surface area contributed by atoms with Crippen LogP contribution in [0.3, 0.4) is 0 Å². The fraction of sp³-hybridized carbons (Fsp3) is 0.385. The molecule has 0 aliphatic carbocycles. The van der Waals surface area contributed by atoms with Gasteiger partial charge in [0, 0.05) is 15.9 Å². The van der Waals surface area contributed by atoms with E-state index in [0.29, 0.717) is 10.6 Å². The molecule has 1 aliphatic rings. The van der Waals surface area contributed by atoms with Gasteiger partial charge in [0.1, 0.15) is 0 Å². The third-order valence-corrected chi connectivity index (χ3v) is 4.12. The monoisotopic (exact) mass is 346 g/mol. The van der Waals surface area contributed by atoms with Crippen LogP contribution in [0.5, 0.6) is 0 Å². The lowest BCUT2D eigenvalue weighted by molar-refractivity contribution is -0.164. The minimum absolute atomic E-state index is 0.0489. The van der Waals surface area contributed by atoms with Crippen LogP contribution in [0.25, 0.3) is 0 Å². The van der Waals surface area contributed by atoms with E-state index in [1.165, 1.54) is 0 Å². The lowest BCUT2D eigenvalue weighted by Crippen LogP contribution is -2.48. The predicted octanol–water partition coefficient (Wildman–Crippen LogP) is 2.71. The standard InChI is InChI=1S/C13H12BrClO4/c14-9-2-1-8(10(15)5-9)6-13(12(17)18)7-19-4-3-11(13)16/h1-2,5H,3-4,6-7H2,(H,17,18). The first-order valence-corrected chi connectivity index (χ1v) is 6.91. The van der Waals surface area contributed by atoms with Crippen molar-refractivity contribution in [1.29, 1.82) is 0 Å². The first-order valence-electron chi connectivity index (χ1n) is 5.74. The number of halogens is 2. The van der Waals surface area contributed by atoms with Gasteiger partial charge in [-0.3, -0.25) is 9.59 Å². The number of ketones is 1. The van der Waals surface area contributed by atoms with Gasteiger partial charge in [-0.05, 0) is 24.1 Å². The summed E-state index contributed by atoms with van der Waals surface area (Å²) in [6, 6.07) is 5.17. The van der Waals surface area contributed by atoms with E-state index < -0.39 is 11.4 Å². The smallest absolute Gasteiger partial charge is 0.319 e. The summed E-state index contributed by atoms with van der Waals surface area (Å²) >= 11 is 9.37. The van der Waals surface area contributed by atoms with Gasteiger partial charge in [0.05, 0.1) is 13.2 Å². The largest absolute Gasteiger partial charge is 0.480 e. The predicted molar refractivity (Wildman–Crippen MR) is 73.4 cm³/mol. The number of aliphatic carboxylic acids is 1. The number of hydrogen-bond acceptors (Lipinski definition) is 3. The van der Waals surface area contributed by atoms with Gasteiger partial charge in [0.2, 0.25) is 0 Å².